The van der Waals surface area contributed by atoms with Crippen LogP contribution in [0.25, 0.3) is 0 Å². The van der Waals surface area contributed by atoms with Gasteiger partial charge >= 0.3 is 0 Å². The number of methoxy groups -OCH3 is 1. The quantitative estimate of drug-likeness (QED) is 0.641. The second kappa shape index (κ2) is 6.35. The van der Waals surface area contributed by atoms with Crippen LogP contribution < -0.4 is 5.32 Å². The molecule has 0 amide bonds. The summed E-state index contributed by atoms with van der Waals surface area (Å²) in [5.41, 5.74) is 0. The molecule has 14 heavy (non-hydrogen) atoms. The number of hydrogen-bond donors (Lipinski definition) is 2. The highest BCUT2D eigenvalue weighted by atomic mass is 16.5. The van der Waals surface area contributed by atoms with Gasteiger partial charge in [0.05, 0.1) is 12.7 Å². The average Bonchev–Trinajstić information content (AvgIpc) is 2.15. The number of likely N-dealkylation sites (tertiary alicyclic amines) is 1. The summed E-state index contributed by atoms with van der Waals surface area (Å²) < 4.78 is 4.86. The summed E-state index contributed by atoms with van der Waals surface area (Å²) in [5, 5.41) is 12.8. The molecule has 0 aromatic carbocycles. The standard InChI is InChI=1S/C10H22N2O2/c1-12-5-3-4-9(7-12)11-6-10(13)8-14-2/h9-11,13H,3-8H2,1-2H3. The highest BCUT2D eigenvalue weighted by molar-refractivity contribution is 4.77. The summed E-state index contributed by atoms with van der Waals surface area (Å²) in [5.74, 6) is 0. The normalized spacial score (nSPS) is 26.4. The van der Waals surface area contributed by atoms with Gasteiger partial charge in [-0.3, -0.25) is 0 Å². The van der Waals surface area contributed by atoms with Gasteiger partial charge in [0.25, 0.3) is 0 Å². The number of aliphatic hydroxyl groups is 1. The molecular weight excluding hydrogens is 180 g/mol. The van der Waals surface area contributed by atoms with Crippen LogP contribution in [0, 0.1) is 0 Å². The van der Waals surface area contributed by atoms with Crippen molar-refractivity contribution in [3.63, 3.8) is 0 Å². The predicted molar refractivity (Wildman–Crippen MR) is 56.4 cm³/mol. The number of rotatable bonds is 5. The van der Waals surface area contributed by atoms with Crippen molar-refractivity contribution in [2.45, 2.75) is 25.0 Å². The molecule has 0 bridgehead atoms. The van der Waals surface area contributed by atoms with Crippen LogP contribution in [0.2, 0.25) is 0 Å². The average molecular weight is 202 g/mol. The molecule has 2 unspecified atom stereocenters. The number of likely N-dealkylation sites (N-methyl/N-ethyl adjacent to an activating group) is 1. The molecule has 2 atom stereocenters. The van der Waals surface area contributed by atoms with E-state index in [4.69, 9.17) is 4.74 Å². The van der Waals surface area contributed by atoms with Crippen LogP contribution >= 0.6 is 0 Å². The van der Waals surface area contributed by atoms with Crippen LogP contribution in [0.5, 0.6) is 0 Å². The largest absolute Gasteiger partial charge is 0.389 e. The van der Waals surface area contributed by atoms with Gasteiger partial charge in [-0.1, -0.05) is 0 Å². The molecule has 1 aliphatic heterocycles. The van der Waals surface area contributed by atoms with E-state index in [9.17, 15) is 5.11 Å². The Labute approximate surface area is 86.2 Å². The molecule has 4 heteroatoms. The zero-order valence-electron chi connectivity index (χ0n) is 9.20. The van der Waals surface area contributed by atoms with Crippen LogP contribution in [0.3, 0.4) is 0 Å². The van der Waals surface area contributed by atoms with E-state index in [2.05, 4.69) is 17.3 Å². The minimum Gasteiger partial charge on any atom is -0.389 e. The summed E-state index contributed by atoms with van der Waals surface area (Å²) in [6.45, 7) is 3.32. The van der Waals surface area contributed by atoms with Gasteiger partial charge in [0.15, 0.2) is 0 Å². The molecule has 1 fully saturated rings. The number of aliphatic hydroxyl groups excluding tert-OH is 1. The van der Waals surface area contributed by atoms with Gasteiger partial charge in [-0.2, -0.15) is 0 Å². The van der Waals surface area contributed by atoms with Crippen LogP contribution in [-0.2, 0) is 4.74 Å². The van der Waals surface area contributed by atoms with Gasteiger partial charge in [0, 0.05) is 26.2 Å². The highest BCUT2D eigenvalue weighted by Crippen LogP contribution is 2.07. The fourth-order valence-electron chi connectivity index (χ4n) is 1.89. The van der Waals surface area contributed by atoms with Crippen molar-refractivity contribution >= 4 is 0 Å². The lowest BCUT2D eigenvalue weighted by molar-refractivity contribution is 0.0603. The summed E-state index contributed by atoms with van der Waals surface area (Å²) in [7, 11) is 3.75. The van der Waals surface area contributed by atoms with E-state index in [1.165, 1.54) is 19.4 Å². The van der Waals surface area contributed by atoms with Crippen LogP contribution in [0.4, 0.5) is 0 Å². The van der Waals surface area contributed by atoms with Crippen molar-refractivity contribution in [2.24, 2.45) is 0 Å². The molecule has 1 aliphatic rings. The highest BCUT2D eigenvalue weighted by Gasteiger charge is 2.17. The molecule has 84 valence electrons. The first kappa shape index (κ1) is 11.9. The van der Waals surface area contributed by atoms with E-state index in [1.807, 2.05) is 0 Å². The van der Waals surface area contributed by atoms with Crippen LogP contribution in [-0.4, -0.2) is 62.6 Å². The first-order valence-electron chi connectivity index (χ1n) is 5.31. The third-order valence-electron chi connectivity index (χ3n) is 2.63. The topological polar surface area (TPSA) is 44.7 Å². The van der Waals surface area contributed by atoms with Gasteiger partial charge < -0.3 is 20.1 Å². The molecule has 0 aliphatic carbocycles. The van der Waals surface area contributed by atoms with Gasteiger partial charge in [0.1, 0.15) is 0 Å². The van der Waals surface area contributed by atoms with E-state index < -0.39 is 0 Å². The molecule has 1 saturated heterocycles. The molecule has 1 rings (SSSR count). The Hall–Kier alpha value is -0.160. The number of nitrogens with one attached hydrogen (secondary N) is 1. The molecular formula is C10H22N2O2. The van der Waals surface area contributed by atoms with Crippen molar-refractivity contribution in [3.05, 3.63) is 0 Å². The van der Waals surface area contributed by atoms with Crippen molar-refractivity contribution in [1.82, 2.24) is 10.2 Å². The van der Waals surface area contributed by atoms with Gasteiger partial charge in [-0.25, -0.2) is 0 Å². The third-order valence-corrected chi connectivity index (χ3v) is 2.63. The molecule has 0 saturated carbocycles. The maximum atomic E-state index is 9.44. The Morgan fingerprint density at radius 1 is 1.64 bits per heavy atom. The lowest BCUT2D eigenvalue weighted by Crippen LogP contribution is -2.46. The number of hydrogen-bond acceptors (Lipinski definition) is 4. The minimum atomic E-state index is -0.382. The maximum Gasteiger partial charge on any atom is 0.0897 e. The molecule has 0 spiro atoms. The van der Waals surface area contributed by atoms with E-state index in [1.54, 1.807) is 7.11 Å². The van der Waals surface area contributed by atoms with Crippen molar-refractivity contribution in [1.29, 1.82) is 0 Å². The smallest absolute Gasteiger partial charge is 0.0897 e. The second-order valence-electron chi connectivity index (χ2n) is 4.12. The number of ether oxygens (including phenoxy) is 1. The first-order chi connectivity index (χ1) is 6.72. The molecule has 0 radical (unpaired) electrons. The van der Waals surface area contributed by atoms with Crippen molar-refractivity contribution in [3.8, 4) is 0 Å². The monoisotopic (exact) mass is 202 g/mol. The molecule has 0 aromatic rings. The molecule has 1 heterocycles. The summed E-state index contributed by atoms with van der Waals surface area (Å²) in [4.78, 5) is 2.32. The Kier molecular flexibility index (Phi) is 5.40. The zero-order chi connectivity index (χ0) is 10.4. The van der Waals surface area contributed by atoms with E-state index in [-0.39, 0.29) is 6.10 Å². The Morgan fingerprint density at radius 2 is 2.43 bits per heavy atom. The fourth-order valence-corrected chi connectivity index (χ4v) is 1.89. The number of piperidine rings is 1. The van der Waals surface area contributed by atoms with Gasteiger partial charge in [-0.05, 0) is 26.4 Å². The lowest BCUT2D eigenvalue weighted by Gasteiger charge is -2.30. The second-order valence-corrected chi connectivity index (χ2v) is 4.12. The number of nitrogens with zero attached hydrogens (tertiary/aromatic N) is 1. The van der Waals surface area contributed by atoms with Gasteiger partial charge in [-0.15, -0.1) is 0 Å². The van der Waals surface area contributed by atoms with Crippen molar-refractivity contribution < 1.29 is 9.84 Å². The predicted octanol–water partition coefficient (Wildman–Crippen LogP) is -0.322. The summed E-state index contributed by atoms with van der Waals surface area (Å²) in [6.07, 6.45) is 2.07. The molecule has 0 aromatic heterocycles. The molecule has 2 N–H and O–H groups in total. The Morgan fingerprint density at radius 3 is 3.07 bits per heavy atom. The van der Waals surface area contributed by atoms with Crippen LogP contribution in [0.1, 0.15) is 12.8 Å². The third kappa shape index (κ3) is 4.37. The first-order valence-corrected chi connectivity index (χ1v) is 5.31. The van der Waals surface area contributed by atoms with E-state index in [0.717, 1.165) is 6.54 Å². The van der Waals surface area contributed by atoms with Crippen molar-refractivity contribution in [2.75, 3.05) is 40.4 Å². The zero-order valence-corrected chi connectivity index (χ0v) is 9.20. The SMILES string of the molecule is COCC(O)CNC1CCCN(C)C1. The minimum absolute atomic E-state index is 0.382. The maximum absolute atomic E-state index is 9.44. The van der Waals surface area contributed by atoms with E-state index >= 15 is 0 Å². The lowest BCUT2D eigenvalue weighted by atomic mass is 10.1. The molecule has 4 nitrogen and oxygen atoms in total. The van der Waals surface area contributed by atoms with Gasteiger partial charge in [0.2, 0.25) is 0 Å². The Balaban J connectivity index is 2.10. The summed E-state index contributed by atoms with van der Waals surface area (Å²) >= 11 is 0. The summed E-state index contributed by atoms with van der Waals surface area (Å²) in [6, 6.07) is 0.528. The Bertz CT molecular complexity index is 155. The fraction of sp³-hybridized carbons (Fsp3) is 1.00. The van der Waals surface area contributed by atoms with Crippen LogP contribution in [0.15, 0.2) is 0 Å². The van der Waals surface area contributed by atoms with E-state index in [0.29, 0.717) is 19.2 Å².